The van der Waals surface area contributed by atoms with Crippen molar-refractivity contribution in [3.63, 3.8) is 0 Å². The van der Waals surface area contributed by atoms with E-state index in [1.54, 1.807) is 66.7 Å². The van der Waals surface area contributed by atoms with Crippen molar-refractivity contribution in [1.82, 2.24) is 30.9 Å². The summed E-state index contributed by atoms with van der Waals surface area (Å²) < 4.78 is 21.3. The number of carboxylic acids is 1. The van der Waals surface area contributed by atoms with Crippen LogP contribution in [0.2, 0.25) is 30.1 Å². The van der Waals surface area contributed by atoms with Crippen LogP contribution in [0.1, 0.15) is 101 Å². The second kappa shape index (κ2) is 39.3. The van der Waals surface area contributed by atoms with E-state index < -0.39 is 53.8 Å². The lowest BCUT2D eigenvalue weighted by molar-refractivity contribution is -0.143. The van der Waals surface area contributed by atoms with Gasteiger partial charge >= 0.3 is 17.9 Å². The molecule has 3 atom stereocenters. The second-order valence-electron chi connectivity index (χ2n) is 24.1. The number of phenols is 1. The summed E-state index contributed by atoms with van der Waals surface area (Å²) in [4.78, 5) is 87.3. The van der Waals surface area contributed by atoms with E-state index >= 15 is 0 Å². The van der Waals surface area contributed by atoms with Gasteiger partial charge in [-0.25, -0.2) is 29.3 Å². The van der Waals surface area contributed by atoms with Gasteiger partial charge in [0.15, 0.2) is 0 Å². The standard InChI is InChI=1S/C26H25Cl2N3O4.C25H23Cl2N3O4.C17H15Cl2NO4.C9H12N2O/c1-34-26(33)22(31-25(32)23-20(27)5-2-6-21(23)28)14-16-7-11-19(12-8-16)35-15-18-10-9-17-4-3-13-29-24(17)30-18;26-19-4-1-5-20(27)22(19)24(31)30-21(25(32)33)13-15-6-10-18(11-7-15)34-14-17-9-8-16-3-2-12-28-23(16)29-17;1-24-17(23)14(9-10-5-7-11(21)8-6-10)20-16(22)15-12(18)3-2-4-13(15)19;12-6-8-4-3-7-2-1-5-10-9(7)11-8/h2,5-12,22H,3-4,13-15H2,1H3,(H,29,30)(H,31,32);1,4-11,21H,2-3,12-14H2,(H,28,29)(H,30,31)(H,32,33);2-8,14,21H,9H2,1H3,(H,20,22);3-4,12H,1-2,5-6H2,(H,10,11)/t22-;21-;14-;/m000./s1. The summed E-state index contributed by atoms with van der Waals surface area (Å²) in [5.74, 6) is 0.116. The fraction of sp³-hybridized carbons (Fsp3) is 0.260. The third-order valence-corrected chi connectivity index (χ3v) is 18.5. The van der Waals surface area contributed by atoms with Crippen molar-refractivity contribution in [3.8, 4) is 17.2 Å². The molecule has 0 unspecified atom stereocenters. The van der Waals surface area contributed by atoms with Gasteiger partial charge in [0.2, 0.25) is 0 Å². The first-order valence-corrected chi connectivity index (χ1v) is 35.6. The summed E-state index contributed by atoms with van der Waals surface area (Å²) in [6, 6.07) is 43.8. The van der Waals surface area contributed by atoms with Crippen molar-refractivity contribution in [3.05, 3.63) is 261 Å². The number of rotatable bonds is 22. The number of methoxy groups -OCH3 is 2. The first-order chi connectivity index (χ1) is 50.7. The molecular weight excluding hydrogens is 1470 g/mol. The van der Waals surface area contributed by atoms with Gasteiger partial charge in [-0.1, -0.05) is 142 Å². The molecule has 548 valence electrons. The number of aromatic nitrogens is 3. The Morgan fingerprint density at radius 3 is 1.06 bits per heavy atom. The van der Waals surface area contributed by atoms with Crippen LogP contribution in [0.25, 0.3) is 0 Å². The number of carbonyl (C=O) groups excluding carboxylic acids is 5. The molecule has 0 aliphatic carbocycles. The number of pyridine rings is 3. The normalized spacial score (nSPS) is 13.1. The fourth-order valence-corrected chi connectivity index (χ4v) is 12.9. The summed E-state index contributed by atoms with van der Waals surface area (Å²) in [6.45, 7) is 3.54. The highest BCUT2D eigenvalue weighted by molar-refractivity contribution is 6.41. The largest absolute Gasteiger partial charge is 0.508 e. The van der Waals surface area contributed by atoms with Crippen molar-refractivity contribution in [2.24, 2.45) is 0 Å². The average Bonchev–Trinajstić information content (AvgIpc) is 0.839. The molecule has 22 nitrogen and oxygen atoms in total. The van der Waals surface area contributed by atoms with Crippen molar-refractivity contribution in [1.29, 1.82) is 0 Å². The fourth-order valence-electron chi connectivity index (χ4n) is 11.2. The number of phenolic OH excluding ortho intramolecular Hbond substituents is 1. The number of aliphatic hydroxyl groups excluding tert-OH is 1. The smallest absolute Gasteiger partial charge is 0.328 e. The molecule has 6 heterocycles. The number of amides is 3. The molecular formula is C77H75Cl6N9O13. The number of carbonyl (C=O) groups is 6. The van der Waals surface area contributed by atoms with Crippen LogP contribution in [0.5, 0.6) is 17.2 Å². The highest BCUT2D eigenvalue weighted by Crippen LogP contribution is 2.30. The quantitative estimate of drug-likeness (QED) is 0.0285. The first kappa shape index (κ1) is 79.2. The maximum absolute atomic E-state index is 12.8. The van der Waals surface area contributed by atoms with Gasteiger partial charge in [-0.05, 0) is 163 Å². The van der Waals surface area contributed by atoms with Crippen molar-refractivity contribution in [2.75, 3.05) is 49.8 Å². The topological polar surface area (TPSA) is 311 Å². The van der Waals surface area contributed by atoms with Crippen molar-refractivity contribution >= 4 is 123 Å². The molecule has 0 fully saturated rings. The van der Waals surface area contributed by atoms with E-state index in [1.807, 2.05) is 48.5 Å². The van der Waals surface area contributed by atoms with Crippen molar-refractivity contribution < 1.29 is 63.0 Å². The second-order valence-corrected chi connectivity index (χ2v) is 26.5. The molecule has 0 saturated heterocycles. The Morgan fingerprint density at radius 2 is 0.733 bits per heavy atom. The number of aliphatic carboxylic acids is 1. The minimum atomic E-state index is -1.16. The SMILES string of the molecule is COC(=O)[C@H](Cc1ccc(O)cc1)NC(=O)c1c(Cl)cccc1Cl.COC(=O)[C@H](Cc1ccc(OCc2ccc3c(n2)NCCC3)cc1)NC(=O)c1c(Cl)cccc1Cl.O=C(N[C@@H](Cc1ccc(OCc2ccc3c(n2)NCCC3)cc1)C(=O)O)c1c(Cl)cccc1Cl.OCc1ccc2c(n1)NCCC2. The molecule has 0 bridgehead atoms. The zero-order valence-electron chi connectivity index (χ0n) is 57.0. The summed E-state index contributed by atoms with van der Waals surface area (Å²) in [6.07, 6.45) is 7.06. The number of carboxylic acid groups (broad SMARTS) is 1. The van der Waals surface area contributed by atoms with Crippen LogP contribution >= 0.6 is 69.6 Å². The number of nitrogens with zero attached hydrogens (tertiary/aromatic N) is 3. The molecule has 3 aliphatic rings. The first-order valence-electron chi connectivity index (χ1n) is 33.3. The monoisotopic (exact) mass is 1540 g/mol. The summed E-state index contributed by atoms with van der Waals surface area (Å²) >= 11 is 36.4. The van der Waals surface area contributed by atoms with E-state index in [4.69, 9.17) is 93.7 Å². The number of aryl methyl sites for hydroxylation is 3. The van der Waals surface area contributed by atoms with Gasteiger partial charge in [0.05, 0.1) is 84.7 Å². The van der Waals surface area contributed by atoms with E-state index in [-0.39, 0.29) is 78.4 Å². The van der Waals surface area contributed by atoms with Crippen LogP contribution in [0, 0.1) is 0 Å². The minimum absolute atomic E-state index is 0.0228. The van der Waals surface area contributed by atoms with E-state index in [1.165, 1.54) is 73.7 Å². The third-order valence-electron chi connectivity index (χ3n) is 16.6. The number of ether oxygens (including phenoxy) is 4. The van der Waals surface area contributed by atoms with E-state index in [2.05, 4.69) is 59.0 Å². The number of hydrogen-bond donors (Lipinski definition) is 9. The van der Waals surface area contributed by atoms with E-state index in [0.717, 1.165) is 103 Å². The number of hydrogen-bond acceptors (Lipinski definition) is 18. The molecule has 3 aliphatic heterocycles. The summed E-state index contributed by atoms with van der Waals surface area (Å²) in [7, 11) is 2.51. The van der Waals surface area contributed by atoms with Crippen LogP contribution in [0.4, 0.5) is 17.5 Å². The number of benzene rings is 6. The molecule has 0 spiro atoms. The zero-order valence-corrected chi connectivity index (χ0v) is 61.5. The Morgan fingerprint density at radius 1 is 0.429 bits per heavy atom. The molecule has 3 aromatic heterocycles. The minimum Gasteiger partial charge on any atom is -0.508 e. The molecule has 3 amide bonds. The van der Waals surface area contributed by atoms with Gasteiger partial charge in [-0.3, -0.25) is 14.4 Å². The number of halogens is 6. The molecule has 9 N–H and O–H groups in total. The number of fused-ring (bicyclic) bond motifs is 3. The lowest BCUT2D eigenvalue weighted by Crippen LogP contribution is -2.43. The van der Waals surface area contributed by atoms with Crippen LogP contribution < -0.4 is 41.4 Å². The van der Waals surface area contributed by atoms with Crippen LogP contribution in [0.3, 0.4) is 0 Å². The maximum Gasteiger partial charge on any atom is 0.328 e. The predicted molar refractivity (Wildman–Crippen MR) is 405 cm³/mol. The Hall–Kier alpha value is -9.91. The molecule has 28 heteroatoms. The number of esters is 2. The van der Waals surface area contributed by atoms with Gasteiger partial charge in [0, 0.05) is 38.9 Å². The van der Waals surface area contributed by atoms with Gasteiger partial charge in [0.25, 0.3) is 17.7 Å². The van der Waals surface area contributed by atoms with Gasteiger partial charge in [-0.15, -0.1) is 0 Å². The number of nitrogens with one attached hydrogen (secondary N) is 6. The van der Waals surface area contributed by atoms with Crippen LogP contribution in [-0.4, -0.2) is 118 Å². The summed E-state index contributed by atoms with van der Waals surface area (Å²) in [5.41, 5.74) is 8.65. The van der Waals surface area contributed by atoms with Crippen LogP contribution in [0.15, 0.2) is 164 Å². The van der Waals surface area contributed by atoms with Crippen molar-refractivity contribution in [2.45, 2.75) is 95.7 Å². The highest BCUT2D eigenvalue weighted by atomic mass is 35.5. The molecule has 0 saturated carbocycles. The number of aromatic hydroxyl groups is 1. The van der Waals surface area contributed by atoms with Gasteiger partial charge < -0.3 is 66.2 Å². The predicted octanol–water partition coefficient (Wildman–Crippen LogP) is 13.7. The summed E-state index contributed by atoms with van der Waals surface area (Å²) in [5, 5.41) is 46.4. The average molecular weight is 1550 g/mol. The Kier molecular flexibility index (Phi) is 29.6. The lowest BCUT2D eigenvalue weighted by atomic mass is 10.0. The Balaban J connectivity index is 0.000000171. The Labute approximate surface area is 636 Å². The number of anilines is 3. The molecule has 9 aromatic rings. The molecule has 0 radical (unpaired) electrons. The van der Waals surface area contributed by atoms with E-state index in [0.29, 0.717) is 24.7 Å². The molecule has 6 aromatic carbocycles. The van der Waals surface area contributed by atoms with Gasteiger partial charge in [-0.2, -0.15) is 0 Å². The molecule has 105 heavy (non-hydrogen) atoms. The zero-order chi connectivity index (χ0) is 74.9. The van der Waals surface area contributed by atoms with E-state index in [9.17, 15) is 39.0 Å². The van der Waals surface area contributed by atoms with Crippen LogP contribution in [-0.2, 0) is 82.2 Å². The maximum atomic E-state index is 12.8. The molecule has 12 rings (SSSR count). The van der Waals surface area contributed by atoms with Gasteiger partial charge in [0.1, 0.15) is 66.0 Å². The number of aliphatic hydroxyl groups is 1. The Bertz CT molecular complexity index is 4460. The highest BCUT2D eigenvalue weighted by Gasteiger charge is 2.28. The lowest BCUT2D eigenvalue weighted by Gasteiger charge is -2.18. The third kappa shape index (κ3) is 23.0.